The lowest BCUT2D eigenvalue weighted by atomic mass is 9.84. The van der Waals surface area contributed by atoms with E-state index >= 15 is 0 Å². The first-order valence-electron chi connectivity index (χ1n) is 6.42. The molecule has 18 heavy (non-hydrogen) atoms. The lowest BCUT2D eigenvalue weighted by Crippen LogP contribution is -2.08. The Hall–Kier alpha value is -1.91. The highest BCUT2D eigenvalue weighted by Gasteiger charge is 2.20. The number of hydrogen-bond donors (Lipinski definition) is 2. The van der Waals surface area contributed by atoms with Crippen molar-refractivity contribution in [2.24, 2.45) is 0 Å². The summed E-state index contributed by atoms with van der Waals surface area (Å²) in [7, 11) is 0. The molecule has 5 heteroatoms. The second-order valence-corrected chi connectivity index (χ2v) is 4.92. The fourth-order valence-electron chi connectivity index (χ4n) is 2.79. The summed E-state index contributed by atoms with van der Waals surface area (Å²) in [6.45, 7) is 0. The Labute approximate surface area is 106 Å². The number of hydrogen-bond acceptors (Lipinski definition) is 5. The van der Waals surface area contributed by atoms with Gasteiger partial charge in [0.1, 0.15) is 5.82 Å². The first kappa shape index (κ1) is 11.2. The van der Waals surface area contributed by atoms with Gasteiger partial charge in [0.05, 0.1) is 10.9 Å². The zero-order chi connectivity index (χ0) is 12.5. The molecule has 2 aromatic heterocycles. The van der Waals surface area contributed by atoms with Crippen molar-refractivity contribution in [1.29, 1.82) is 0 Å². The van der Waals surface area contributed by atoms with Gasteiger partial charge in [0.25, 0.3) is 0 Å². The number of nitrogens with zero attached hydrogens (tertiary/aromatic N) is 3. The van der Waals surface area contributed by atoms with Crippen LogP contribution in [0.4, 0.5) is 11.8 Å². The topological polar surface area (TPSA) is 90.7 Å². The van der Waals surface area contributed by atoms with Crippen molar-refractivity contribution in [1.82, 2.24) is 15.0 Å². The van der Waals surface area contributed by atoms with Gasteiger partial charge in [-0.05, 0) is 18.8 Å². The summed E-state index contributed by atoms with van der Waals surface area (Å²) in [6.07, 6.45) is 9.81. The van der Waals surface area contributed by atoms with Gasteiger partial charge in [-0.25, -0.2) is 15.0 Å². The molecule has 2 heterocycles. The second kappa shape index (κ2) is 4.40. The first-order chi connectivity index (χ1) is 8.75. The molecule has 3 rings (SSSR count). The van der Waals surface area contributed by atoms with Crippen molar-refractivity contribution in [2.75, 3.05) is 11.5 Å². The van der Waals surface area contributed by atoms with E-state index in [9.17, 15) is 0 Å². The molecule has 94 valence electrons. The zero-order valence-electron chi connectivity index (χ0n) is 10.3. The largest absolute Gasteiger partial charge is 0.383 e. The normalized spacial score (nSPS) is 17.1. The standard InChI is InChI=1S/C13H17N5/c14-12-10-7-17-13(15)18-11(10)9(6-16-12)8-4-2-1-3-5-8/h6-8H,1-5H2,(H2,14,16)(H2,15,17,18). The highest BCUT2D eigenvalue weighted by Crippen LogP contribution is 2.36. The lowest BCUT2D eigenvalue weighted by Gasteiger charge is -2.22. The van der Waals surface area contributed by atoms with E-state index < -0.39 is 0 Å². The second-order valence-electron chi connectivity index (χ2n) is 4.92. The van der Waals surface area contributed by atoms with Crippen molar-refractivity contribution in [3.05, 3.63) is 18.0 Å². The van der Waals surface area contributed by atoms with E-state index in [0.29, 0.717) is 17.7 Å². The van der Waals surface area contributed by atoms with Crippen LogP contribution in [-0.4, -0.2) is 15.0 Å². The number of anilines is 2. The average molecular weight is 243 g/mol. The van der Waals surface area contributed by atoms with Crippen molar-refractivity contribution in [3.63, 3.8) is 0 Å². The third-order valence-corrected chi connectivity index (χ3v) is 3.74. The molecule has 1 aliphatic carbocycles. The van der Waals surface area contributed by atoms with E-state index in [4.69, 9.17) is 11.5 Å². The average Bonchev–Trinajstić information content (AvgIpc) is 2.40. The fourth-order valence-corrected chi connectivity index (χ4v) is 2.79. The monoisotopic (exact) mass is 243 g/mol. The maximum Gasteiger partial charge on any atom is 0.220 e. The van der Waals surface area contributed by atoms with Crippen LogP contribution < -0.4 is 11.5 Å². The van der Waals surface area contributed by atoms with Crippen LogP contribution in [0.1, 0.15) is 43.6 Å². The van der Waals surface area contributed by atoms with Crippen molar-refractivity contribution in [3.8, 4) is 0 Å². The quantitative estimate of drug-likeness (QED) is 0.801. The predicted molar refractivity (Wildman–Crippen MR) is 72.0 cm³/mol. The Balaban J connectivity index is 2.16. The fraction of sp³-hybridized carbons (Fsp3) is 0.462. The molecule has 1 fully saturated rings. The third-order valence-electron chi connectivity index (χ3n) is 3.74. The van der Waals surface area contributed by atoms with Gasteiger partial charge in [-0.15, -0.1) is 0 Å². The number of aromatic nitrogens is 3. The molecule has 0 unspecified atom stereocenters. The van der Waals surface area contributed by atoms with Gasteiger partial charge in [0.2, 0.25) is 5.95 Å². The van der Waals surface area contributed by atoms with Gasteiger partial charge in [-0.2, -0.15) is 0 Å². The minimum absolute atomic E-state index is 0.296. The van der Waals surface area contributed by atoms with Crippen LogP contribution >= 0.6 is 0 Å². The summed E-state index contributed by atoms with van der Waals surface area (Å²) in [4.78, 5) is 12.6. The minimum atomic E-state index is 0.296. The van der Waals surface area contributed by atoms with E-state index in [-0.39, 0.29) is 0 Å². The van der Waals surface area contributed by atoms with E-state index in [0.717, 1.165) is 10.9 Å². The maximum atomic E-state index is 5.87. The van der Waals surface area contributed by atoms with E-state index in [1.807, 2.05) is 6.20 Å². The van der Waals surface area contributed by atoms with Crippen LogP contribution in [0.3, 0.4) is 0 Å². The number of fused-ring (bicyclic) bond motifs is 1. The Kier molecular flexibility index (Phi) is 2.74. The van der Waals surface area contributed by atoms with E-state index in [1.165, 1.54) is 37.7 Å². The van der Waals surface area contributed by atoms with Gasteiger partial charge in [-0.1, -0.05) is 19.3 Å². The Bertz CT molecular complexity index is 575. The molecule has 2 aromatic rings. The van der Waals surface area contributed by atoms with E-state index in [2.05, 4.69) is 15.0 Å². The molecule has 0 spiro atoms. The van der Waals surface area contributed by atoms with Crippen LogP contribution in [0.15, 0.2) is 12.4 Å². The van der Waals surface area contributed by atoms with Gasteiger partial charge in [0.15, 0.2) is 0 Å². The summed E-state index contributed by atoms with van der Waals surface area (Å²) >= 11 is 0. The number of rotatable bonds is 1. The zero-order valence-corrected chi connectivity index (χ0v) is 10.3. The van der Waals surface area contributed by atoms with Crippen molar-refractivity contribution in [2.45, 2.75) is 38.0 Å². The van der Waals surface area contributed by atoms with Crippen LogP contribution in [0.25, 0.3) is 10.9 Å². The first-order valence-corrected chi connectivity index (χ1v) is 6.42. The molecule has 0 aromatic carbocycles. The third kappa shape index (κ3) is 1.85. The Morgan fingerprint density at radius 1 is 1.00 bits per heavy atom. The molecule has 4 N–H and O–H groups in total. The van der Waals surface area contributed by atoms with Crippen LogP contribution in [0.2, 0.25) is 0 Å². The van der Waals surface area contributed by atoms with E-state index in [1.54, 1.807) is 6.20 Å². The highest BCUT2D eigenvalue weighted by atomic mass is 15.0. The molecule has 0 atom stereocenters. The summed E-state index contributed by atoms with van der Waals surface area (Å²) in [5.41, 5.74) is 13.6. The number of nitrogens with two attached hydrogens (primary N) is 2. The molecule has 0 bridgehead atoms. The van der Waals surface area contributed by atoms with Crippen molar-refractivity contribution < 1.29 is 0 Å². The highest BCUT2D eigenvalue weighted by molar-refractivity contribution is 5.90. The van der Waals surface area contributed by atoms with Crippen LogP contribution in [-0.2, 0) is 0 Å². The predicted octanol–water partition coefficient (Wildman–Crippen LogP) is 2.24. The van der Waals surface area contributed by atoms with Crippen molar-refractivity contribution >= 4 is 22.7 Å². The molecule has 1 saturated carbocycles. The van der Waals surface area contributed by atoms with Gasteiger partial charge >= 0.3 is 0 Å². The summed E-state index contributed by atoms with van der Waals surface area (Å²) < 4.78 is 0. The Morgan fingerprint density at radius 3 is 2.56 bits per heavy atom. The summed E-state index contributed by atoms with van der Waals surface area (Å²) in [5, 5.41) is 0.812. The molecular formula is C13H17N5. The molecular weight excluding hydrogens is 226 g/mol. The van der Waals surface area contributed by atoms with Crippen LogP contribution in [0.5, 0.6) is 0 Å². The number of nitrogen functional groups attached to an aromatic ring is 2. The minimum Gasteiger partial charge on any atom is -0.383 e. The maximum absolute atomic E-state index is 5.87. The van der Waals surface area contributed by atoms with Gasteiger partial charge in [-0.3, -0.25) is 0 Å². The smallest absolute Gasteiger partial charge is 0.220 e. The number of pyridine rings is 1. The van der Waals surface area contributed by atoms with Gasteiger partial charge in [0, 0.05) is 18.0 Å². The SMILES string of the molecule is Nc1ncc2c(N)ncc(C3CCCCC3)c2n1. The molecule has 0 radical (unpaired) electrons. The lowest BCUT2D eigenvalue weighted by molar-refractivity contribution is 0.444. The van der Waals surface area contributed by atoms with Crippen LogP contribution in [0, 0.1) is 0 Å². The molecule has 0 amide bonds. The summed E-state index contributed by atoms with van der Waals surface area (Å²) in [5.74, 6) is 1.30. The van der Waals surface area contributed by atoms with Gasteiger partial charge < -0.3 is 11.5 Å². The molecule has 5 nitrogen and oxygen atoms in total. The molecule has 0 saturated heterocycles. The molecule has 1 aliphatic rings. The Morgan fingerprint density at radius 2 is 1.78 bits per heavy atom. The molecule has 0 aliphatic heterocycles. The summed E-state index contributed by atoms with van der Waals surface area (Å²) in [6, 6.07) is 0.